The molecule has 8 heteroatoms. The Hall–Kier alpha value is -2.26. The van der Waals surface area contributed by atoms with Crippen molar-refractivity contribution in [2.45, 2.75) is 29.8 Å². The Balaban J connectivity index is 0.000000730. The predicted molar refractivity (Wildman–Crippen MR) is 117 cm³/mol. The van der Waals surface area contributed by atoms with Crippen LogP contribution in [-0.2, 0) is 19.6 Å². The third-order valence-electron chi connectivity index (χ3n) is 6.28. The Kier molecular flexibility index (Phi) is 6.71. The molecule has 1 saturated carbocycles. The molecular formula is C23H28N2O5S. The lowest BCUT2D eigenvalue weighted by atomic mass is 10.0. The molecule has 1 N–H and O–H groups in total. The van der Waals surface area contributed by atoms with Gasteiger partial charge in [0, 0.05) is 31.7 Å². The number of nitrogens with zero attached hydrogens (tertiary/aromatic N) is 2. The molecule has 31 heavy (non-hydrogen) atoms. The highest BCUT2D eigenvalue weighted by molar-refractivity contribution is 7.89. The minimum Gasteiger partial charge on any atom is -0.483 e. The molecule has 2 heterocycles. The number of hydrogen-bond donors (Lipinski definition) is 1. The first kappa shape index (κ1) is 22.0. The highest BCUT2D eigenvalue weighted by atomic mass is 32.2. The van der Waals surface area contributed by atoms with Gasteiger partial charge in [0.25, 0.3) is 6.47 Å². The highest BCUT2D eigenvalue weighted by Crippen LogP contribution is 2.38. The van der Waals surface area contributed by atoms with E-state index in [0.717, 1.165) is 30.2 Å². The Labute approximate surface area is 183 Å². The highest BCUT2D eigenvalue weighted by Gasteiger charge is 2.44. The zero-order chi connectivity index (χ0) is 21.8. The molecule has 0 bridgehead atoms. The second-order valence-electron chi connectivity index (χ2n) is 8.19. The van der Waals surface area contributed by atoms with Gasteiger partial charge in [-0.1, -0.05) is 42.5 Å². The standard InChI is InChI=1S/C22H26N2O3S.CH2O2/c25-28(26,21-10-8-18(9-11-21)17-4-2-1-3-5-17)23-12-13-24-20(14-23)15-27-16-22(24)19-6-7-19;2-1-3/h1-5,8-11,19-20,22H,6-7,12-16H2;1H,(H,2,3)/t20-,22-;/m1./s1. The number of carbonyl (C=O) groups is 1. The van der Waals surface area contributed by atoms with Crippen LogP contribution >= 0.6 is 0 Å². The molecule has 5 rings (SSSR count). The number of fused-ring (bicyclic) bond motifs is 1. The van der Waals surface area contributed by atoms with E-state index in [9.17, 15) is 8.42 Å². The van der Waals surface area contributed by atoms with Crippen molar-refractivity contribution < 1.29 is 23.1 Å². The predicted octanol–water partition coefficient (Wildman–Crippen LogP) is 2.54. The molecule has 166 valence electrons. The van der Waals surface area contributed by atoms with Gasteiger partial charge in [-0.2, -0.15) is 4.31 Å². The van der Waals surface area contributed by atoms with E-state index in [1.54, 1.807) is 16.4 Å². The molecule has 2 aromatic carbocycles. The van der Waals surface area contributed by atoms with Gasteiger partial charge in [0.05, 0.1) is 18.1 Å². The molecule has 0 unspecified atom stereocenters. The van der Waals surface area contributed by atoms with Crippen LogP contribution in [0.1, 0.15) is 12.8 Å². The summed E-state index contributed by atoms with van der Waals surface area (Å²) in [5.74, 6) is 0.747. The summed E-state index contributed by atoms with van der Waals surface area (Å²) < 4.78 is 33.9. The number of hydrogen-bond acceptors (Lipinski definition) is 5. The SMILES string of the molecule is O=CO.O=S(=O)(c1ccc(-c2ccccc2)cc1)N1CCN2[C@@H](COC[C@@H]2C2CC2)C1. The van der Waals surface area contributed by atoms with Crippen LogP contribution < -0.4 is 0 Å². The molecule has 7 nitrogen and oxygen atoms in total. The largest absolute Gasteiger partial charge is 0.483 e. The molecule has 0 amide bonds. The van der Waals surface area contributed by atoms with Gasteiger partial charge in [0.15, 0.2) is 0 Å². The minimum absolute atomic E-state index is 0.173. The van der Waals surface area contributed by atoms with E-state index < -0.39 is 10.0 Å². The first-order valence-corrected chi connectivity index (χ1v) is 12.1. The number of morpholine rings is 1. The van der Waals surface area contributed by atoms with Gasteiger partial charge < -0.3 is 9.84 Å². The average Bonchev–Trinajstić information content (AvgIpc) is 3.65. The number of piperazine rings is 1. The molecule has 0 radical (unpaired) electrons. The summed E-state index contributed by atoms with van der Waals surface area (Å²) in [6.45, 7) is 3.06. The van der Waals surface area contributed by atoms with Crippen molar-refractivity contribution in [3.05, 3.63) is 54.6 Å². The minimum atomic E-state index is -3.48. The fraction of sp³-hybridized carbons (Fsp3) is 0.435. The van der Waals surface area contributed by atoms with E-state index in [2.05, 4.69) is 4.90 Å². The maximum atomic E-state index is 13.2. The van der Waals surface area contributed by atoms with Crippen molar-refractivity contribution >= 4 is 16.5 Å². The van der Waals surface area contributed by atoms with Gasteiger partial charge in [0.2, 0.25) is 10.0 Å². The van der Waals surface area contributed by atoms with Crippen LogP contribution in [0.3, 0.4) is 0 Å². The second-order valence-corrected chi connectivity index (χ2v) is 10.1. The summed E-state index contributed by atoms with van der Waals surface area (Å²) in [4.78, 5) is 11.2. The maximum Gasteiger partial charge on any atom is 0.290 e. The summed E-state index contributed by atoms with van der Waals surface area (Å²) >= 11 is 0. The van der Waals surface area contributed by atoms with Crippen LogP contribution in [0.15, 0.2) is 59.5 Å². The number of ether oxygens (including phenoxy) is 1. The van der Waals surface area contributed by atoms with Gasteiger partial charge in [-0.25, -0.2) is 8.42 Å². The number of carboxylic acid groups (broad SMARTS) is 1. The van der Waals surface area contributed by atoms with Crippen molar-refractivity contribution in [2.75, 3.05) is 32.8 Å². The van der Waals surface area contributed by atoms with Crippen LogP contribution in [0.4, 0.5) is 0 Å². The Bertz CT molecular complexity index is 977. The van der Waals surface area contributed by atoms with E-state index in [-0.39, 0.29) is 12.5 Å². The fourth-order valence-corrected chi connectivity index (χ4v) is 6.02. The van der Waals surface area contributed by atoms with Crippen LogP contribution in [0.2, 0.25) is 0 Å². The molecule has 0 aromatic heterocycles. The lowest BCUT2D eigenvalue weighted by Gasteiger charge is -2.47. The summed E-state index contributed by atoms with van der Waals surface area (Å²) in [5, 5.41) is 6.89. The van der Waals surface area contributed by atoms with E-state index >= 15 is 0 Å². The lowest BCUT2D eigenvalue weighted by molar-refractivity contribution is -0.122. The summed E-state index contributed by atoms with van der Waals surface area (Å²) in [6.07, 6.45) is 2.57. The summed E-state index contributed by atoms with van der Waals surface area (Å²) in [6, 6.07) is 17.9. The Morgan fingerprint density at radius 3 is 2.23 bits per heavy atom. The molecular weight excluding hydrogens is 416 g/mol. The Morgan fingerprint density at radius 2 is 1.58 bits per heavy atom. The Morgan fingerprint density at radius 1 is 0.935 bits per heavy atom. The van der Waals surface area contributed by atoms with Crippen LogP contribution in [0.5, 0.6) is 0 Å². The van der Waals surface area contributed by atoms with Gasteiger partial charge in [-0.05, 0) is 42.0 Å². The average molecular weight is 445 g/mol. The number of rotatable bonds is 4. The van der Waals surface area contributed by atoms with Crippen LogP contribution in [0.25, 0.3) is 11.1 Å². The molecule has 2 aromatic rings. The van der Waals surface area contributed by atoms with Crippen molar-refractivity contribution in [3.63, 3.8) is 0 Å². The van der Waals surface area contributed by atoms with Crippen molar-refractivity contribution in [3.8, 4) is 11.1 Å². The molecule has 2 aliphatic heterocycles. The quantitative estimate of drug-likeness (QED) is 0.730. The number of sulfonamides is 1. The second kappa shape index (κ2) is 9.48. The van der Waals surface area contributed by atoms with E-state index in [4.69, 9.17) is 14.6 Å². The molecule has 3 aliphatic rings. The normalized spacial score (nSPS) is 24.5. The molecule has 0 spiro atoms. The van der Waals surface area contributed by atoms with Crippen molar-refractivity contribution in [1.82, 2.24) is 9.21 Å². The van der Waals surface area contributed by atoms with Crippen LogP contribution in [-0.4, -0.2) is 74.1 Å². The molecule has 2 saturated heterocycles. The monoisotopic (exact) mass is 444 g/mol. The first-order valence-electron chi connectivity index (χ1n) is 10.6. The topological polar surface area (TPSA) is 87.1 Å². The third-order valence-corrected chi connectivity index (χ3v) is 8.16. The van der Waals surface area contributed by atoms with Crippen molar-refractivity contribution in [2.24, 2.45) is 5.92 Å². The van der Waals surface area contributed by atoms with E-state index in [1.807, 2.05) is 42.5 Å². The fourth-order valence-electron chi connectivity index (χ4n) is 4.55. The van der Waals surface area contributed by atoms with E-state index in [1.165, 1.54) is 12.8 Å². The first-order chi connectivity index (χ1) is 15.0. The molecule has 2 atom stereocenters. The lowest BCUT2D eigenvalue weighted by Crippen LogP contribution is -2.63. The molecule has 1 aliphatic carbocycles. The van der Waals surface area contributed by atoms with Crippen LogP contribution in [0, 0.1) is 5.92 Å². The van der Waals surface area contributed by atoms with Gasteiger partial charge in [-0.3, -0.25) is 9.69 Å². The van der Waals surface area contributed by atoms with Gasteiger partial charge >= 0.3 is 0 Å². The smallest absolute Gasteiger partial charge is 0.290 e. The summed E-state index contributed by atoms with van der Waals surface area (Å²) in [5.41, 5.74) is 2.11. The van der Waals surface area contributed by atoms with Gasteiger partial charge in [0.1, 0.15) is 0 Å². The number of benzene rings is 2. The summed E-state index contributed by atoms with van der Waals surface area (Å²) in [7, 11) is -3.48. The van der Waals surface area contributed by atoms with Gasteiger partial charge in [-0.15, -0.1) is 0 Å². The van der Waals surface area contributed by atoms with Crippen molar-refractivity contribution in [1.29, 1.82) is 0 Å². The maximum absolute atomic E-state index is 13.2. The third kappa shape index (κ3) is 4.82. The molecule has 3 fully saturated rings. The van der Waals surface area contributed by atoms with E-state index in [0.29, 0.717) is 30.6 Å². The zero-order valence-corrected chi connectivity index (χ0v) is 18.2. The zero-order valence-electron chi connectivity index (χ0n) is 17.3.